The second kappa shape index (κ2) is 8.65. The first kappa shape index (κ1) is 18.2. The molecule has 4 heteroatoms. The highest BCUT2D eigenvalue weighted by Crippen LogP contribution is 2.24. The number of benzene rings is 2. The Bertz CT molecular complexity index is 734. The molecule has 136 valence electrons. The van der Waals surface area contributed by atoms with Crippen molar-refractivity contribution in [3.63, 3.8) is 0 Å². The fourth-order valence-electron chi connectivity index (χ4n) is 3.58. The van der Waals surface area contributed by atoms with E-state index in [1.807, 2.05) is 42.5 Å². The molecule has 0 spiro atoms. The Kier molecular flexibility index (Phi) is 6.05. The second-order valence-electron chi connectivity index (χ2n) is 7.07. The lowest BCUT2D eigenvalue weighted by molar-refractivity contribution is -0.130. The standard InChI is InChI=1S/C22H26N2O2/c23-21(25)20(24-22(26)19-9-5-2-6-10-19)15-16-11-13-18(14-12-16)17-7-3-1-4-8-17/h1,3-4,7-8,11-14,19-20H,2,5-6,9-10,15H2,(H2,23,25)(H,24,26)/t20-/m1/s1. The lowest BCUT2D eigenvalue weighted by Gasteiger charge is -2.23. The van der Waals surface area contributed by atoms with Crippen LogP contribution in [0.5, 0.6) is 0 Å². The van der Waals surface area contributed by atoms with Crippen molar-refractivity contribution >= 4 is 11.8 Å². The molecule has 0 unspecified atom stereocenters. The summed E-state index contributed by atoms with van der Waals surface area (Å²) < 4.78 is 0. The smallest absolute Gasteiger partial charge is 0.240 e. The monoisotopic (exact) mass is 350 g/mol. The van der Waals surface area contributed by atoms with E-state index in [2.05, 4.69) is 17.4 Å². The zero-order valence-electron chi connectivity index (χ0n) is 15.0. The van der Waals surface area contributed by atoms with Crippen molar-refractivity contribution in [1.82, 2.24) is 5.32 Å². The first-order chi connectivity index (χ1) is 12.6. The Morgan fingerprint density at radius 2 is 1.54 bits per heavy atom. The van der Waals surface area contributed by atoms with Crippen LogP contribution in [0.3, 0.4) is 0 Å². The molecule has 2 amide bonds. The third kappa shape index (κ3) is 4.72. The summed E-state index contributed by atoms with van der Waals surface area (Å²) in [6.07, 6.45) is 5.59. The molecule has 1 aliphatic rings. The minimum atomic E-state index is -0.660. The summed E-state index contributed by atoms with van der Waals surface area (Å²) in [6, 6.07) is 17.5. The normalized spacial score (nSPS) is 16.0. The van der Waals surface area contributed by atoms with Crippen molar-refractivity contribution in [1.29, 1.82) is 0 Å². The zero-order valence-corrected chi connectivity index (χ0v) is 15.0. The number of nitrogens with one attached hydrogen (secondary N) is 1. The summed E-state index contributed by atoms with van der Waals surface area (Å²) in [7, 11) is 0. The highest BCUT2D eigenvalue weighted by Gasteiger charge is 2.25. The van der Waals surface area contributed by atoms with E-state index in [0.717, 1.165) is 42.4 Å². The molecule has 2 aromatic carbocycles. The Balaban J connectivity index is 1.64. The molecule has 1 aliphatic carbocycles. The van der Waals surface area contributed by atoms with Crippen LogP contribution < -0.4 is 11.1 Å². The van der Waals surface area contributed by atoms with E-state index in [9.17, 15) is 9.59 Å². The molecular weight excluding hydrogens is 324 g/mol. The maximum atomic E-state index is 12.4. The van der Waals surface area contributed by atoms with Crippen LogP contribution in [0, 0.1) is 5.92 Å². The number of carbonyl (C=O) groups excluding carboxylic acids is 2. The van der Waals surface area contributed by atoms with Crippen LogP contribution in [0.15, 0.2) is 54.6 Å². The van der Waals surface area contributed by atoms with Crippen LogP contribution in [0.1, 0.15) is 37.7 Å². The number of primary amides is 1. The quantitative estimate of drug-likeness (QED) is 0.837. The molecule has 3 rings (SSSR count). The van der Waals surface area contributed by atoms with Crippen LogP contribution >= 0.6 is 0 Å². The van der Waals surface area contributed by atoms with Gasteiger partial charge in [-0.25, -0.2) is 0 Å². The summed E-state index contributed by atoms with van der Waals surface area (Å²) in [5, 5.41) is 2.87. The fraction of sp³-hybridized carbons (Fsp3) is 0.364. The van der Waals surface area contributed by atoms with Crippen molar-refractivity contribution in [2.24, 2.45) is 11.7 Å². The van der Waals surface area contributed by atoms with Gasteiger partial charge in [0.2, 0.25) is 11.8 Å². The van der Waals surface area contributed by atoms with E-state index in [1.165, 1.54) is 6.42 Å². The topological polar surface area (TPSA) is 72.2 Å². The minimum absolute atomic E-state index is 0.0195. The van der Waals surface area contributed by atoms with Crippen LogP contribution in [0.2, 0.25) is 0 Å². The molecule has 4 nitrogen and oxygen atoms in total. The Morgan fingerprint density at radius 1 is 0.923 bits per heavy atom. The van der Waals surface area contributed by atoms with E-state index < -0.39 is 11.9 Å². The van der Waals surface area contributed by atoms with Gasteiger partial charge >= 0.3 is 0 Å². The number of amides is 2. The molecule has 0 heterocycles. The Hall–Kier alpha value is -2.62. The maximum Gasteiger partial charge on any atom is 0.240 e. The predicted molar refractivity (Wildman–Crippen MR) is 103 cm³/mol. The van der Waals surface area contributed by atoms with Gasteiger partial charge in [-0.3, -0.25) is 9.59 Å². The number of hydrogen-bond donors (Lipinski definition) is 2. The van der Waals surface area contributed by atoms with Crippen LogP contribution in [0.25, 0.3) is 11.1 Å². The van der Waals surface area contributed by atoms with Gasteiger partial charge in [0.15, 0.2) is 0 Å². The molecule has 26 heavy (non-hydrogen) atoms. The largest absolute Gasteiger partial charge is 0.368 e. The summed E-state index contributed by atoms with van der Waals surface area (Å²) in [6.45, 7) is 0. The molecule has 0 saturated heterocycles. The van der Waals surface area contributed by atoms with Crippen LogP contribution in [-0.4, -0.2) is 17.9 Å². The molecule has 1 fully saturated rings. The SMILES string of the molecule is NC(=O)[C@@H](Cc1ccc(-c2ccccc2)cc1)NC(=O)C1CCCCC1. The summed E-state index contributed by atoms with van der Waals surface area (Å²) in [4.78, 5) is 24.2. The highest BCUT2D eigenvalue weighted by molar-refractivity contribution is 5.87. The lowest BCUT2D eigenvalue weighted by atomic mass is 9.88. The summed E-state index contributed by atoms with van der Waals surface area (Å²) in [5.74, 6) is -0.498. The molecule has 0 radical (unpaired) electrons. The van der Waals surface area contributed by atoms with Crippen molar-refractivity contribution < 1.29 is 9.59 Å². The third-order valence-corrected chi connectivity index (χ3v) is 5.14. The van der Waals surface area contributed by atoms with Crippen molar-refractivity contribution in [2.75, 3.05) is 0 Å². The van der Waals surface area contributed by atoms with E-state index in [1.54, 1.807) is 0 Å². The van der Waals surface area contributed by atoms with Crippen molar-refractivity contribution in [2.45, 2.75) is 44.6 Å². The zero-order chi connectivity index (χ0) is 18.4. The Morgan fingerprint density at radius 3 is 2.15 bits per heavy atom. The first-order valence-corrected chi connectivity index (χ1v) is 9.37. The van der Waals surface area contributed by atoms with Gasteiger partial charge in [-0.05, 0) is 29.5 Å². The number of hydrogen-bond acceptors (Lipinski definition) is 2. The average molecular weight is 350 g/mol. The fourth-order valence-corrected chi connectivity index (χ4v) is 3.58. The summed E-state index contributed by atoms with van der Waals surface area (Å²) in [5.41, 5.74) is 8.78. The average Bonchev–Trinajstić information content (AvgIpc) is 2.69. The number of rotatable bonds is 6. The van der Waals surface area contributed by atoms with Crippen LogP contribution in [-0.2, 0) is 16.0 Å². The van der Waals surface area contributed by atoms with Gasteiger partial charge in [-0.2, -0.15) is 0 Å². The van der Waals surface area contributed by atoms with E-state index in [0.29, 0.717) is 6.42 Å². The van der Waals surface area contributed by atoms with Gasteiger partial charge in [-0.1, -0.05) is 73.9 Å². The third-order valence-electron chi connectivity index (χ3n) is 5.14. The molecule has 0 aromatic heterocycles. The maximum absolute atomic E-state index is 12.4. The van der Waals surface area contributed by atoms with E-state index >= 15 is 0 Å². The van der Waals surface area contributed by atoms with Gasteiger partial charge < -0.3 is 11.1 Å². The van der Waals surface area contributed by atoms with Crippen LogP contribution in [0.4, 0.5) is 0 Å². The summed E-state index contributed by atoms with van der Waals surface area (Å²) >= 11 is 0. The first-order valence-electron chi connectivity index (χ1n) is 9.37. The van der Waals surface area contributed by atoms with E-state index in [-0.39, 0.29) is 11.8 Å². The molecule has 3 N–H and O–H groups in total. The second-order valence-corrected chi connectivity index (χ2v) is 7.07. The van der Waals surface area contributed by atoms with Gasteiger partial charge in [0, 0.05) is 12.3 Å². The molecule has 0 aliphatic heterocycles. The Labute approximate surface area is 154 Å². The molecular formula is C22H26N2O2. The van der Waals surface area contributed by atoms with Gasteiger partial charge in [0.25, 0.3) is 0 Å². The van der Waals surface area contributed by atoms with Gasteiger partial charge in [-0.15, -0.1) is 0 Å². The van der Waals surface area contributed by atoms with Crippen molar-refractivity contribution in [3.8, 4) is 11.1 Å². The molecule has 2 aromatic rings. The van der Waals surface area contributed by atoms with Gasteiger partial charge in [0.1, 0.15) is 6.04 Å². The highest BCUT2D eigenvalue weighted by atomic mass is 16.2. The molecule has 1 atom stereocenters. The number of carbonyl (C=O) groups is 2. The molecule has 1 saturated carbocycles. The molecule has 0 bridgehead atoms. The predicted octanol–water partition coefficient (Wildman–Crippen LogP) is 3.45. The van der Waals surface area contributed by atoms with E-state index in [4.69, 9.17) is 5.73 Å². The van der Waals surface area contributed by atoms with Crippen molar-refractivity contribution in [3.05, 3.63) is 60.2 Å². The lowest BCUT2D eigenvalue weighted by Crippen LogP contribution is -2.48. The minimum Gasteiger partial charge on any atom is -0.368 e. The number of nitrogens with two attached hydrogens (primary N) is 1. The van der Waals surface area contributed by atoms with Gasteiger partial charge in [0.05, 0.1) is 0 Å².